The molecule has 27 heavy (non-hydrogen) atoms. The number of sulfonamides is 1. The van der Waals surface area contributed by atoms with Crippen LogP contribution in [0.5, 0.6) is 0 Å². The smallest absolute Gasteiger partial charge is 0.352 e. The molecular weight excluding hydrogens is 381 g/mol. The highest BCUT2D eigenvalue weighted by Crippen LogP contribution is 2.48. The molecule has 0 aliphatic heterocycles. The van der Waals surface area contributed by atoms with Gasteiger partial charge in [-0.25, -0.2) is 13.6 Å². The number of alkyl halides is 3. The predicted molar refractivity (Wildman–Crippen MR) is 92.0 cm³/mol. The van der Waals surface area contributed by atoms with Crippen LogP contribution in [0.1, 0.15) is 29.0 Å². The second-order valence-electron chi connectivity index (χ2n) is 6.48. The Morgan fingerprint density at radius 3 is 2.41 bits per heavy atom. The number of nitrogens with one attached hydrogen (secondary N) is 1. The largest absolute Gasteiger partial charge is 0.416 e. The van der Waals surface area contributed by atoms with Gasteiger partial charge in [0.25, 0.3) is 0 Å². The van der Waals surface area contributed by atoms with Crippen molar-refractivity contribution in [2.75, 3.05) is 0 Å². The van der Waals surface area contributed by atoms with E-state index >= 15 is 0 Å². The molecule has 0 bridgehead atoms. The third-order valence-corrected chi connectivity index (χ3v) is 5.42. The number of benzene rings is 2. The molecule has 0 saturated heterocycles. The molecule has 1 fully saturated rings. The third kappa shape index (κ3) is 4.67. The van der Waals surface area contributed by atoms with Gasteiger partial charge in [0, 0.05) is 12.5 Å². The van der Waals surface area contributed by atoms with Gasteiger partial charge < -0.3 is 5.32 Å². The van der Waals surface area contributed by atoms with E-state index in [2.05, 4.69) is 5.32 Å². The van der Waals surface area contributed by atoms with Gasteiger partial charge in [0.2, 0.25) is 15.9 Å². The van der Waals surface area contributed by atoms with Crippen molar-refractivity contribution in [1.82, 2.24) is 5.32 Å². The molecule has 2 aromatic rings. The van der Waals surface area contributed by atoms with E-state index in [1.807, 2.05) is 0 Å². The van der Waals surface area contributed by atoms with Crippen LogP contribution in [0.3, 0.4) is 0 Å². The Morgan fingerprint density at radius 2 is 1.81 bits per heavy atom. The number of hydrogen-bond donors (Lipinski definition) is 2. The number of nitrogens with two attached hydrogens (primary N) is 1. The normalized spacial score (nSPS) is 19.6. The Bertz CT molecular complexity index is 957. The molecular formula is C18H17F3N2O3S. The number of rotatable bonds is 5. The van der Waals surface area contributed by atoms with Gasteiger partial charge in [-0.05, 0) is 41.7 Å². The lowest BCUT2D eigenvalue weighted by Crippen LogP contribution is -2.25. The molecule has 5 nitrogen and oxygen atoms in total. The summed E-state index contributed by atoms with van der Waals surface area (Å²) in [5, 5.41) is 7.74. The van der Waals surface area contributed by atoms with Crippen molar-refractivity contribution in [3.63, 3.8) is 0 Å². The predicted octanol–water partition coefficient (Wildman–Crippen LogP) is 2.77. The van der Waals surface area contributed by atoms with Crippen LogP contribution in [0.15, 0.2) is 53.4 Å². The number of hydrogen-bond acceptors (Lipinski definition) is 3. The van der Waals surface area contributed by atoms with E-state index in [0.29, 0.717) is 17.5 Å². The molecule has 2 aromatic carbocycles. The second-order valence-corrected chi connectivity index (χ2v) is 8.04. The Labute approximate surface area is 154 Å². The summed E-state index contributed by atoms with van der Waals surface area (Å²) >= 11 is 0. The molecule has 2 unspecified atom stereocenters. The summed E-state index contributed by atoms with van der Waals surface area (Å²) in [4.78, 5) is 12.2. The molecule has 9 heteroatoms. The fourth-order valence-electron chi connectivity index (χ4n) is 2.92. The van der Waals surface area contributed by atoms with Crippen LogP contribution in [-0.4, -0.2) is 14.3 Å². The molecule has 144 valence electrons. The highest BCUT2D eigenvalue weighted by Gasteiger charge is 2.44. The lowest BCUT2D eigenvalue weighted by Gasteiger charge is -2.09. The molecule has 0 spiro atoms. The number of carbonyl (C=O) groups is 1. The molecule has 0 aromatic heterocycles. The van der Waals surface area contributed by atoms with E-state index in [-0.39, 0.29) is 29.2 Å². The minimum Gasteiger partial charge on any atom is -0.352 e. The van der Waals surface area contributed by atoms with Crippen molar-refractivity contribution in [2.24, 2.45) is 11.1 Å². The van der Waals surface area contributed by atoms with Crippen molar-refractivity contribution in [3.05, 3.63) is 65.2 Å². The van der Waals surface area contributed by atoms with Gasteiger partial charge in [0.1, 0.15) is 0 Å². The van der Waals surface area contributed by atoms with Gasteiger partial charge >= 0.3 is 6.18 Å². The topological polar surface area (TPSA) is 89.3 Å². The average molecular weight is 398 g/mol. The van der Waals surface area contributed by atoms with Crippen LogP contribution in [0.4, 0.5) is 13.2 Å². The SMILES string of the molecule is NS(=O)(=O)c1ccc(CNC(=O)C2CC2c2cccc(C(F)(F)F)c2)cc1. The Morgan fingerprint density at radius 1 is 1.15 bits per heavy atom. The van der Waals surface area contributed by atoms with Gasteiger partial charge in [-0.2, -0.15) is 13.2 Å². The van der Waals surface area contributed by atoms with E-state index in [4.69, 9.17) is 5.14 Å². The first-order chi connectivity index (χ1) is 12.6. The highest BCUT2D eigenvalue weighted by molar-refractivity contribution is 7.89. The van der Waals surface area contributed by atoms with E-state index in [0.717, 1.165) is 12.1 Å². The zero-order valence-corrected chi connectivity index (χ0v) is 14.8. The number of carbonyl (C=O) groups excluding carboxylic acids is 1. The monoisotopic (exact) mass is 398 g/mol. The average Bonchev–Trinajstić information content (AvgIpc) is 3.39. The van der Waals surface area contributed by atoms with Crippen LogP contribution in [-0.2, 0) is 27.5 Å². The molecule has 1 amide bonds. The van der Waals surface area contributed by atoms with Crippen molar-refractivity contribution < 1.29 is 26.4 Å². The number of amides is 1. The maximum atomic E-state index is 12.8. The van der Waals surface area contributed by atoms with E-state index < -0.39 is 21.8 Å². The quantitative estimate of drug-likeness (QED) is 0.812. The molecule has 0 radical (unpaired) electrons. The summed E-state index contributed by atoms with van der Waals surface area (Å²) in [6.45, 7) is 0.190. The molecule has 2 atom stereocenters. The van der Waals surface area contributed by atoms with Crippen molar-refractivity contribution in [2.45, 2.75) is 30.0 Å². The highest BCUT2D eigenvalue weighted by atomic mass is 32.2. The minimum atomic E-state index is -4.41. The molecule has 1 aliphatic carbocycles. The molecule has 3 rings (SSSR count). The fraction of sp³-hybridized carbons (Fsp3) is 0.278. The zero-order chi connectivity index (χ0) is 19.8. The summed E-state index contributed by atoms with van der Waals surface area (Å²) in [7, 11) is -3.77. The summed E-state index contributed by atoms with van der Waals surface area (Å²) in [6, 6.07) is 10.8. The summed E-state index contributed by atoms with van der Waals surface area (Å²) in [5.41, 5.74) is 0.468. The Hall–Kier alpha value is -2.39. The second kappa shape index (κ2) is 6.97. The first-order valence-corrected chi connectivity index (χ1v) is 9.67. The number of primary sulfonamides is 1. The van der Waals surface area contributed by atoms with Crippen LogP contribution in [0.25, 0.3) is 0 Å². The lowest BCUT2D eigenvalue weighted by atomic mass is 10.1. The zero-order valence-electron chi connectivity index (χ0n) is 14.0. The first-order valence-electron chi connectivity index (χ1n) is 8.12. The third-order valence-electron chi connectivity index (χ3n) is 4.49. The van der Waals surface area contributed by atoms with Crippen LogP contribution in [0.2, 0.25) is 0 Å². The summed E-state index contributed by atoms with van der Waals surface area (Å²) in [6.07, 6.45) is -3.91. The fourth-order valence-corrected chi connectivity index (χ4v) is 3.43. The summed E-state index contributed by atoms with van der Waals surface area (Å²) < 4.78 is 60.8. The lowest BCUT2D eigenvalue weighted by molar-refractivity contribution is -0.137. The van der Waals surface area contributed by atoms with Gasteiger partial charge in [-0.1, -0.05) is 30.3 Å². The first kappa shape index (κ1) is 19.4. The maximum absolute atomic E-state index is 12.8. The molecule has 1 aliphatic rings. The van der Waals surface area contributed by atoms with Crippen LogP contribution in [0, 0.1) is 5.92 Å². The van der Waals surface area contributed by atoms with Gasteiger partial charge in [0.15, 0.2) is 0 Å². The van der Waals surface area contributed by atoms with Gasteiger partial charge in [0.05, 0.1) is 10.5 Å². The van der Waals surface area contributed by atoms with E-state index in [1.165, 1.54) is 30.3 Å². The Balaban J connectivity index is 1.58. The van der Waals surface area contributed by atoms with Crippen molar-refractivity contribution in [1.29, 1.82) is 0 Å². The van der Waals surface area contributed by atoms with Gasteiger partial charge in [-0.3, -0.25) is 4.79 Å². The van der Waals surface area contributed by atoms with Crippen LogP contribution < -0.4 is 10.5 Å². The molecule has 0 heterocycles. The molecule has 1 saturated carbocycles. The minimum absolute atomic E-state index is 0.0237. The van der Waals surface area contributed by atoms with E-state index in [9.17, 15) is 26.4 Å². The van der Waals surface area contributed by atoms with Crippen LogP contribution >= 0.6 is 0 Å². The Kier molecular flexibility index (Phi) is 5.00. The van der Waals surface area contributed by atoms with Gasteiger partial charge in [-0.15, -0.1) is 0 Å². The standard InChI is InChI=1S/C18H17F3N2O3S/c19-18(20,21)13-3-1-2-12(8-13)15-9-16(15)17(24)23-10-11-4-6-14(7-5-11)27(22,25)26/h1-8,15-16H,9-10H2,(H,23,24)(H2,22,25,26). The number of halogens is 3. The maximum Gasteiger partial charge on any atom is 0.416 e. The van der Waals surface area contributed by atoms with E-state index in [1.54, 1.807) is 6.07 Å². The van der Waals surface area contributed by atoms with Crippen molar-refractivity contribution >= 4 is 15.9 Å². The summed E-state index contributed by atoms with van der Waals surface area (Å²) in [5.74, 6) is -0.831. The molecule has 3 N–H and O–H groups in total. The van der Waals surface area contributed by atoms with Crippen molar-refractivity contribution in [3.8, 4) is 0 Å².